The second kappa shape index (κ2) is 4.34. The summed E-state index contributed by atoms with van der Waals surface area (Å²) in [5.74, 6) is -0.0150. The first-order valence-electron chi connectivity index (χ1n) is 5.07. The minimum Gasteiger partial charge on any atom is -0.389 e. The number of aliphatic hydroxyl groups is 1. The summed E-state index contributed by atoms with van der Waals surface area (Å²) in [5, 5.41) is 13.4. The first-order chi connectivity index (χ1) is 8.08. The van der Waals surface area contributed by atoms with Gasteiger partial charge < -0.3 is 10.8 Å². The molecule has 17 heavy (non-hydrogen) atoms. The second-order valence-corrected chi connectivity index (χ2v) is 3.66. The first kappa shape index (κ1) is 11.3. The van der Waals surface area contributed by atoms with Crippen LogP contribution in [-0.4, -0.2) is 25.8 Å². The van der Waals surface area contributed by atoms with Crippen LogP contribution in [0, 0.1) is 0 Å². The van der Waals surface area contributed by atoms with Gasteiger partial charge in [0.1, 0.15) is 0 Å². The average molecular weight is 232 g/mol. The average Bonchev–Trinajstić information content (AvgIpc) is 2.78. The third kappa shape index (κ3) is 2.31. The van der Waals surface area contributed by atoms with Gasteiger partial charge in [-0.05, 0) is 24.6 Å². The number of nitrogens with two attached hydrogens (primary N) is 1. The molecule has 0 aromatic carbocycles. The number of primary amides is 1. The van der Waals surface area contributed by atoms with E-state index in [9.17, 15) is 9.90 Å². The highest BCUT2D eigenvalue weighted by Crippen LogP contribution is 2.14. The molecule has 0 saturated heterocycles. The standard InChI is InChI=1S/C11H12N4O2/c1-7(16)8-2-3-13-10(4-8)15-6-9(5-14-15)11(12)17/h2-7,16H,1H3,(H2,12,17). The van der Waals surface area contributed by atoms with E-state index in [1.807, 2.05) is 0 Å². The summed E-state index contributed by atoms with van der Waals surface area (Å²) in [5.41, 5.74) is 6.17. The van der Waals surface area contributed by atoms with E-state index in [1.54, 1.807) is 25.3 Å². The van der Waals surface area contributed by atoms with Gasteiger partial charge in [0.25, 0.3) is 5.91 Å². The van der Waals surface area contributed by atoms with E-state index >= 15 is 0 Å². The quantitative estimate of drug-likeness (QED) is 0.801. The van der Waals surface area contributed by atoms with Crippen molar-refractivity contribution in [1.82, 2.24) is 14.8 Å². The van der Waals surface area contributed by atoms with Crippen LogP contribution in [0.2, 0.25) is 0 Å². The van der Waals surface area contributed by atoms with Gasteiger partial charge in [0.2, 0.25) is 0 Å². The summed E-state index contributed by atoms with van der Waals surface area (Å²) >= 11 is 0. The van der Waals surface area contributed by atoms with Crippen molar-refractivity contribution in [1.29, 1.82) is 0 Å². The Balaban J connectivity index is 2.38. The molecule has 88 valence electrons. The maximum atomic E-state index is 10.9. The van der Waals surface area contributed by atoms with Gasteiger partial charge in [0.05, 0.1) is 17.9 Å². The maximum absolute atomic E-state index is 10.9. The molecule has 2 aromatic heterocycles. The molecule has 0 fully saturated rings. The third-order valence-corrected chi connectivity index (χ3v) is 2.35. The van der Waals surface area contributed by atoms with Crippen LogP contribution in [0.1, 0.15) is 28.9 Å². The number of aromatic nitrogens is 3. The van der Waals surface area contributed by atoms with E-state index in [0.29, 0.717) is 11.4 Å². The molecule has 6 nitrogen and oxygen atoms in total. The summed E-state index contributed by atoms with van der Waals surface area (Å²) < 4.78 is 1.44. The zero-order valence-electron chi connectivity index (χ0n) is 9.24. The van der Waals surface area contributed by atoms with Crippen LogP contribution in [0.25, 0.3) is 5.82 Å². The summed E-state index contributed by atoms with van der Waals surface area (Å²) in [6, 6.07) is 3.41. The number of hydrogen-bond acceptors (Lipinski definition) is 4. The van der Waals surface area contributed by atoms with Gasteiger partial charge in [-0.25, -0.2) is 9.67 Å². The number of aliphatic hydroxyl groups excluding tert-OH is 1. The van der Waals surface area contributed by atoms with Gasteiger partial charge in [-0.1, -0.05) is 0 Å². The lowest BCUT2D eigenvalue weighted by molar-refractivity contribution is 0.100. The molecule has 0 bridgehead atoms. The summed E-state index contributed by atoms with van der Waals surface area (Å²) in [7, 11) is 0. The van der Waals surface area contributed by atoms with Gasteiger partial charge in [0.15, 0.2) is 5.82 Å². The molecule has 0 aliphatic heterocycles. The van der Waals surface area contributed by atoms with Crippen molar-refractivity contribution in [3.8, 4) is 5.82 Å². The molecule has 0 spiro atoms. The Labute approximate surface area is 97.7 Å². The molecular weight excluding hydrogens is 220 g/mol. The molecule has 6 heteroatoms. The van der Waals surface area contributed by atoms with Crippen LogP contribution in [-0.2, 0) is 0 Å². The number of hydrogen-bond donors (Lipinski definition) is 2. The van der Waals surface area contributed by atoms with Crippen molar-refractivity contribution < 1.29 is 9.90 Å². The lowest BCUT2D eigenvalue weighted by atomic mass is 10.2. The molecule has 2 heterocycles. The van der Waals surface area contributed by atoms with Gasteiger partial charge in [0, 0.05) is 12.4 Å². The molecule has 3 N–H and O–H groups in total. The summed E-state index contributed by atoms with van der Waals surface area (Å²) in [4.78, 5) is 15.0. The predicted molar refractivity (Wildman–Crippen MR) is 60.5 cm³/mol. The van der Waals surface area contributed by atoms with Crippen LogP contribution >= 0.6 is 0 Å². The largest absolute Gasteiger partial charge is 0.389 e. The minimum absolute atomic E-state index is 0.314. The Morgan fingerprint density at radius 3 is 2.94 bits per heavy atom. The molecule has 1 amide bonds. The van der Waals surface area contributed by atoms with Crippen molar-refractivity contribution in [3.63, 3.8) is 0 Å². The van der Waals surface area contributed by atoms with Crippen molar-refractivity contribution in [3.05, 3.63) is 41.9 Å². The van der Waals surface area contributed by atoms with Crippen LogP contribution in [0.4, 0.5) is 0 Å². The van der Waals surface area contributed by atoms with E-state index in [-0.39, 0.29) is 0 Å². The molecule has 2 aromatic rings. The van der Waals surface area contributed by atoms with E-state index in [4.69, 9.17) is 5.73 Å². The fraction of sp³-hybridized carbons (Fsp3) is 0.182. The fourth-order valence-electron chi connectivity index (χ4n) is 1.39. The highest BCUT2D eigenvalue weighted by molar-refractivity contribution is 5.92. The third-order valence-electron chi connectivity index (χ3n) is 2.35. The van der Waals surface area contributed by atoms with Gasteiger partial charge in [-0.2, -0.15) is 5.10 Å². The Bertz CT molecular complexity index is 548. The Hall–Kier alpha value is -2.21. The Morgan fingerprint density at radius 2 is 2.35 bits per heavy atom. The minimum atomic E-state index is -0.581. The zero-order valence-corrected chi connectivity index (χ0v) is 9.24. The van der Waals surface area contributed by atoms with Crippen LogP contribution < -0.4 is 5.73 Å². The number of amides is 1. The highest BCUT2D eigenvalue weighted by atomic mass is 16.3. The molecule has 0 aliphatic carbocycles. The predicted octanol–water partition coefficient (Wildman–Crippen LogP) is 0.420. The second-order valence-electron chi connectivity index (χ2n) is 3.66. The van der Waals surface area contributed by atoms with E-state index < -0.39 is 12.0 Å². The molecular formula is C11H12N4O2. The van der Waals surface area contributed by atoms with Crippen molar-refractivity contribution in [2.75, 3.05) is 0 Å². The van der Waals surface area contributed by atoms with Gasteiger partial charge in [-0.15, -0.1) is 0 Å². The van der Waals surface area contributed by atoms with Crippen LogP contribution in [0.3, 0.4) is 0 Å². The van der Waals surface area contributed by atoms with Crippen LogP contribution in [0.5, 0.6) is 0 Å². The topological polar surface area (TPSA) is 94.0 Å². The lowest BCUT2D eigenvalue weighted by Crippen LogP contribution is -2.09. The Kier molecular flexibility index (Phi) is 2.88. The lowest BCUT2D eigenvalue weighted by Gasteiger charge is -2.06. The number of pyridine rings is 1. The van der Waals surface area contributed by atoms with Crippen LogP contribution in [0.15, 0.2) is 30.7 Å². The summed E-state index contributed by atoms with van der Waals surface area (Å²) in [6.45, 7) is 1.66. The molecule has 0 saturated carbocycles. The molecule has 1 unspecified atom stereocenters. The summed E-state index contributed by atoms with van der Waals surface area (Å²) in [6.07, 6.45) is 3.86. The number of carbonyl (C=O) groups is 1. The molecule has 0 radical (unpaired) electrons. The van der Waals surface area contributed by atoms with E-state index in [1.165, 1.54) is 17.1 Å². The Morgan fingerprint density at radius 1 is 1.59 bits per heavy atom. The van der Waals surface area contributed by atoms with E-state index in [0.717, 1.165) is 5.56 Å². The number of rotatable bonds is 3. The normalized spacial score (nSPS) is 12.4. The highest BCUT2D eigenvalue weighted by Gasteiger charge is 2.08. The number of nitrogens with zero attached hydrogens (tertiary/aromatic N) is 3. The first-order valence-corrected chi connectivity index (χ1v) is 5.07. The smallest absolute Gasteiger partial charge is 0.251 e. The zero-order chi connectivity index (χ0) is 12.4. The fourth-order valence-corrected chi connectivity index (χ4v) is 1.39. The van der Waals surface area contributed by atoms with Crippen molar-refractivity contribution >= 4 is 5.91 Å². The molecule has 2 rings (SSSR count). The van der Waals surface area contributed by atoms with Crippen molar-refractivity contribution in [2.24, 2.45) is 5.73 Å². The van der Waals surface area contributed by atoms with E-state index in [2.05, 4.69) is 10.1 Å². The molecule has 1 atom stereocenters. The maximum Gasteiger partial charge on any atom is 0.251 e. The number of carbonyl (C=O) groups excluding carboxylic acids is 1. The molecule has 0 aliphatic rings. The van der Waals surface area contributed by atoms with Gasteiger partial charge in [-0.3, -0.25) is 4.79 Å². The monoisotopic (exact) mass is 232 g/mol. The van der Waals surface area contributed by atoms with Gasteiger partial charge >= 0.3 is 0 Å². The SMILES string of the molecule is CC(O)c1ccnc(-n2cc(C(N)=O)cn2)c1. The van der Waals surface area contributed by atoms with Crippen molar-refractivity contribution in [2.45, 2.75) is 13.0 Å².